The van der Waals surface area contributed by atoms with E-state index < -0.39 is 29.6 Å². The number of benzene rings is 2. The van der Waals surface area contributed by atoms with Gasteiger partial charge in [-0.3, -0.25) is 0 Å². The molecule has 2 aliphatic carbocycles. The first-order chi connectivity index (χ1) is 17.0. The van der Waals surface area contributed by atoms with Gasteiger partial charge in [-0.1, -0.05) is 38.3 Å². The Morgan fingerprint density at radius 1 is 0.750 bits per heavy atom. The van der Waals surface area contributed by atoms with Crippen LogP contribution in [0.25, 0.3) is 0 Å². The maximum absolute atomic E-state index is 14.6. The Balaban J connectivity index is 1.32. The van der Waals surface area contributed by atoms with Crippen molar-refractivity contribution in [2.75, 3.05) is 0 Å². The van der Waals surface area contributed by atoms with Crippen LogP contribution in [-0.2, 0) is 6.11 Å². The predicted octanol–water partition coefficient (Wildman–Crippen LogP) is 9.34. The predicted molar refractivity (Wildman–Crippen MR) is 124 cm³/mol. The topological polar surface area (TPSA) is 18.5 Å². The van der Waals surface area contributed by atoms with Crippen LogP contribution in [0.1, 0.15) is 81.8 Å². The monoisotopic (exact) mass is 514 g/mol. The largest absolute Gasteiger partial charge is 0.573 e. The molecule has 0 heterocycles. The third-order valence-electron chi connectivity index (χ3n) is 8.00. The minimum Gasteiger partial charge on any atom is -0.429 e. The average molecular weight is 515 g/mol. The molecule has 2 nitrogen and oxygen atoms in total. The highest BCUT2D eigenvalue weighted by molar-refractivity contribution is 5.33. The van der Waals surface area contributed by atoms with Crippen molar-refractivity contribution in [3.63, 3.8) is 0 Å². The van der Waals surface area contributed by atoms with Crippen LogP contribution in [-0.4, -0.2) is 6.36 Å². The molecule has 198 valence electrons. The van der Waals surface area contributed by atoms with Crippen molar-refractivity contribution in [2.24, 2.45) is 17.8 Å². The summed E-state index contributed by atoms with van der Waals surface area (Å²) in [6, 6.07) is 7.91. The number of halogens is 6. The number of ether oxygens (including phenoxy) is 2. The highest BCUT2D eigenvalue weighted by Crippen LogP contribution is 2.44. The standard InChI is InChI=1S/C28H32F6O2/c1-2-18-3-5-19(6-4-18)20-7-9-21(10-8-20)22-11-14-24(15-12-22)35-27(30,31)23-13-16-26(25(29)17-23)36-28(32,33)34/h11-21H,2-10H2,1H3. The summed E-state index contributed by atoms with van der Waals surface area (Å²) in [7, 11) is 0. The molecule has 0 N–H and O–H groups in total. The quantitative estimate of drug-likeness (QED) is 0.343. The lowest BCUT2D eigenvalue weighted by atomic mass is 9.68. The van der Waals surface area contributed by atoms with Crippen molar-refractivity contribution in [2.45, 2.75) is 83.1 Å². The molecule has 8 heteroatoms. The van der Waals surface area contributed by atoms with Crippen LogP contribution in [0.5, 0.6) is 11.5 Å². The molecular formula is C28H32F6O2. The molecule has 2 aliphatic rings. The maximum Gasteiger partial charge on any atom is 0.573 e. The van der Waals surface area contributed by atoms with Crippen LogP contribution >= 0.6 is 0 Å². The Labute approximate surface area is 208 Å². The molecule has 0 saturated heterocycles. The minimum absolute atomic E-state index is 0.110. The average Bonchev–Trinajstić information content (AvgIpc) is 2.85. The van der Waals surface area contributed by atoms with Gasteiger partial charge in [0, 0.05) is 0 Å². The van der Waals surface area contributed by atoms with E-state index in [0.717, 1.165) is 36.2 Å². The summed E-state index contributed by atoms with van der Waals surface area (Å²) in [5, 5.41) is 0. The third-order valence-corrected chi connectivity index (χ3v) is 8.00. The van der Waals surface area contributed by atoms with Crippen LogP contribution < -0.4 is 9.47 Å². The second-order valence-corrected chi connectivity index (χ2v) is 10.2. The van der Waals surface area contributed by atoms with Crippen molar-refractivity contribution < 1.29 is 35.8 Å². The Bertz CT molecular complexity index is 988. The first-order valence-electron chi connectivity index (χ1n) is 12.8. The van der Waals surface area contributed by atoms with Gasteiger partial charge in [0.25, 0.3) is 0 Å². The number of alkyl halides is 5. The van der Waals surface area contributed by atoms with Crippen LogP contribution in [0, 0.1) is 23.6 Å². The zero-order valence-electron chi connectivity index (χ0n) is 20.3. The fourth-order valence-electron chi connectivity index (χ4n) is 5.90. The summed E-state index contributed by atoms with van der Waals surface area (Å²) in [6.45, 7) is 2.28. The van der Waals surface area contributed by atoms with Crippen LogP contribution in [0.3, 0.4) is 0 Å². The summed E-state index contributed by atoms with van der Waals surface area (Å²) >= 11 is 0. The normalized spacial score (nSPS) is 25.4. The van der Waals surface area contributed by atoms with E-state index in [9.17, 15) is 26.3 Å². The molecule has 0 unspecified atom stereocenters. The van der Waals surface area contributed by atoms with Crippen molar-refractivity contribution in [3.8, 4) is 11.5 Å². The first-order valence-corrected chi connectivity index (χ1v) is 12.8. The highest BCUT2D eigenvalue weighted by atomic mass is 19.4. The van der Waals surface area contributed by atoms with Crippen LogP contribution in [0.2, 0.25) is 0 Å². The molecule has 0 bridgehead atoms. The second kappa shape index (κ2) is 10.9. The van der Waals surface area contributed by atoms with E-state index in [0.29, 0.717) is 18.1 Å². The molecule has 2 aromatic rings. The van der Waals surface area contributed by atoms with Crippen molar-refractivity contribution >= 4 is 0 Å². The smallest absolute Gasteiger partial charge is 0.429 e. The lowest BCUT2D eigenvalue weighted by molar-refractivity contribution is -0.275. The van der Waals surface area contributed by atoms with E-state index in [1.807, 2.05) is 0 Å². The minimum atomic E-state index is -5.13. The molecule has 0 atom stereocenters. The van der Waals surface area contributed by atoms with Gasteiger partial charge in [0.1, 0.15) is 5.75 Å². The van der Waals surface area contributed by atoms with E-state index in [1.165, 1.54) is 57.1 Å². The number of hydrogen-bond acceptors (Lipinski definition) is 2. The van der Waals surface area contributed by atoms with Crippen molar-refractivity contribution in [1.82, 2.24) is 0 Å². The van der Waals surface area contributed by atoms with E-state index in [2.05, 4.69) is 11.7 Å². The second-order valence-electron chi connectivity index (χ2n) is 10.2. The highest BCUT2D eigenvalue weighted by Gasteiger charge is 2.37. The van der Waals surface area contributed by atoms with Gasteiger partial charge in [0.15, 0.2) is 11.6 Å². The fourth-order valence-corrected chi connectivity index (χ4v) is 5.90. The van der Waals surface area contributed by atoms with E-state index in [-0.39, 0.29) is 11.8 Å². The summed E-state index contributed by atoms with van der Waals surface area (Å²) in [5.41, 5.74) is 0.170. The van der Waals surface area contributed by atoms with Gasteiger partial charge >= 0.3 is 12.5 Å². The molecule has 36 heavy (non-hydrogen) atoms. The van der Waals surface area contributed by atoms with Gasteiger partial charge in [-0.25, -0.2) is 4.39 Å². The Morgan fingerprint density at radius 3 is 1.86 bits per heavy atom. The third kappa shape index (κ3) is 6.68. The molecule has 0 spiro atoms. The molecule has 0 radical (unpaired) electrons. The molecule has 2 fully saturated rings. The molecular weight excluding hydrogens is 482 g/mol. The number of hydrogen-bond donors (Lipinski definition) is 0. The Morgan fingerprint density at radius 2 is 1.33 bits per heavy atom. The molecule has 0 aromatic heterocycles. The zero-order valence-corrected chi connectivity index (χ0v) is 20.3. The molecule has 2 saturated carbocycles. The first kappa shape index (κ1) is 26.7. The summed E-state index contributed by atoms with van der Waals surface area (Å²) in [4.78, 5) is 0. The van der Waals surface area contributed by atoms with E-state index >= 15 is 0 Å². The summed E-state index contributed by atoms with van der Waals surface area (Å²) < 4.78 is 88.1. The van der Waals surface area contributed by atoms with Gasteiger partial charge in [-0.2, -0.15) is 8.78 Å². The molecule has 2 aromatic carbocycles. The Hall–Kier alpha value is -2.38. The molecule has 0 amide bonds. The van der Waals surface area contributed by atoms with E-state index in [1.54, 1.807) is 12.1 Å². The molecule has 0 aliphatic heterocycles. The van der Waals surface area contributed by atoms with Gasteiger partial charge in [0.2, 0.25) is 0 Å². The number of rotatable bonds is 7. The fraction of sp³-hybridized carbons (Fsp3) is 0.571. The lowest BCUT2D eigenvalue weighted by Crippen LogP contribution is -2.25. The van der Waals surface area contributed by atoms with E-state index in [4.69, 9.17) is 4.74 Å². The SMILES string of the molecule is CCC1CCC(C2CCC(c3ccc(OC(F)(F)c4ccc(OC(F)(F)F)c(F)c4)cc3)CC2)CC1. The van der Waals surface area contributed by atoms with Crippen molar-refractivity contribution in [1.29, 1.82) is 0 Å². The van der Waals surface area contributed by atoms with Gasteiger partial charge < -0.3 is 9.47 Å². The van der Waals surface area contributed by atoms with Crippen molar-refractivity contribution in [3.05, 3.63) is 59.4 Å². The van der Waals surface area contributed by atoms with Gasteiger partial charge in [-0.15, -0.1) is 13.2 Å². The lowest BCUT2D eigenvalue weighted by Gasteiger charge is -2.38. The van der Waals surface area contributed by atoms with Crippen LogP contribution in [0.4, 0.5) is 26.3 Å². The van der Waals surface area contributed by atoms with Crippen LogP contribution in [0.15, 0.2) is 42.5 Å². The summed E-state index contributed by atoms with van der Waals surface area (Å²) in [5.74, 6) is 0.0540. The zero-order chi connectivity index (χ0) is 25.9. The molecule has 4 rings (SSSR count). The van der Waals surface area contributed by atoms with Gasteiger partial charge in [0.05, 0.1) is 5.56 Å². The van der Waals surface area contributed by atoms with Gasteiger partial charge in [-0.05, 0) is 98.1 Å². The maximum atomic E-state index is 14.6. The summed E-state index contributed by atoms with van der Waals surface area (Å²) in [6.07, 6.45) is 2.17. The Kier molecular flexibility index (Phi) is 8.10.